The van der Waals surface area contributed by atoms with E-state index in [0.717, 1.165) is 45.1 Å². The lowest BCUT2D eigenvalue weighted by molar-refractivity contribution is 0.509. The number of aromatic nitrogens is 4. The fourth-order valence-electron chi connectivity index (χ4n) is 3.56. The molecule has 0 spiro atoms. The molecule has 1 unspecified atom stereocenters. The van der Waals surface area contributed by atoms with Crippen molar-refractivity contribution in [3.8, 4) is 11.4 Å². The molecule has 1 atom stereocenters. The Bertz CT molecular complexity index is 1080. The van der Waals surface area contributed by atoms with Crippen LogP contribution in [0.3, 0.4) is 0 Å². The summed E-state index contributed by atoms with van der Waals surface area (Å²) in [7, 11) is 0. The Balaban J connectivity index is 1.78. The Hall–Kier alpha value is -1.79. The van der Waals surface area contributed by atoms with Gasteiger partial charge in [-0.2, -0.15) is 0 Å². The summed E-state index contributed by atoms with van der Waals surface area (Å²) in [6, 6.07) is 8.14. The lowest BCUT2D eigenvalue weighted by atomic mass is 9.89. The van der Waals surface area contributed by atoms with Gasteiger partial charge in [0.15, 0.2) is 11.5 Å². The number of hydrogen-bond acceptors (Lipinski definition) is 4. The molecule has 4 nitrogen and oxygen atoms in total. The summed E-state index contributed by atoms with van der Waals surface area (Å²) in [5.41, 5.74) is 3.41. The molecular formula is C18H15BrN4S. The lowest BCUT2D eigenvalue weighted by Gasteiger charge is -2.17. The topological polar surface area (TPSA) is 43.1 Å². The first-order valence-electron chi connectivity index (χ1n) is 8.10. The highest BCUT2D eigenvalue weighted by molar-refractivity contribution is 9.10. The zero-order chi connectivity index (χ0) is 16.3. The second-order valence-corrected chi connectivity index (χ2v) is 8.50. The van der Waals surface area contributed by atoms with Gasteiger partial charge >= 0.3 is 0 Å². The monoisotopic (exact) mass is 398 g/mol. The summed E-state index contributed by atoms with van der Waals surface area (Å²) in [5.74, 6) is 1.60. The molecule has 1 aliphatic carbocycles. The lowest BCUT2D eigenvalue weighted by Crippen LogP contribution is -2.08. The van der Waals surface area contributed by atoms with Crippen molar-refractivity contribution < 1.29 is 0 Å². The Morgan fingerprint density at radius 1 is 1.29 bits per heavy atom. The van der Waals surface area contributed by atoms with Gasteiger partial charge in [-0.15, -0.1) is 21.5 Å². The van der Waals surface area contributed by atoms with Gasteiger partial charge in [-0.05, 0) is 42.9 Å². The van der Waals surface area contributed by atoms with E-state index < -0.39 is 0 Å². The first-order chi connectivity index (χ1) is 11.7. The van der Waals surface area contributed by atoms with Crippen LogP contribution in [0.4, 0.5) is 0 Å². The summed E-state index contributed by atoms with van der Waals surface area (Å²) in [5, 5.41) is 10.2. The van der Waals surface area contributed by atoms with Gasteiger partial charge in [0.05, 0.1) is 5.39 Å². The van der Waals surface area contributed by atoms with Gasteiger partial charge in [0, 0.05) is 14.9 Å². The number of thiophene rings is 1. The Kier molecular flexibility index (Phi) is 3.25. The molecule has 6 heteroatoms. The van der Waals surface area contributed by atoms with E-state index in [1.165, 1.54) is 22.2 Å². The summed E-state index contributed by atoms with van der Waals surface area (Å²) >= 11 is 5.35. The number of hydrogen-bond donors (Lipinski definition) is 0. The van der Waals surface area contributed by atoms with Crippen molar-refractivity contribution in [1.82, 2.24) is 19.6 Å². The highest BCUT2D eigenvalue weighted by Gasteiger charge is 2.24. The first kappa shape index (κ1) is 14.5. The predicted molar refractivity (Wildman–Crippen MR) is 100 cm³/mol. The molecule has 1 aliphatic rings. The third-order valence-electron chi connectivity index (χ3n) is 4.79. The van der Waals surface area contributed by atoms with Crippen LogP contribution in [-0.4, -0.2) is 19.6 Å². The van der Waals surface area contributed by atoms with Crippen LogP contribution in [0.2, 0.25) is 0 Å². The van der Waals surface area contributed by atoms with Gasteiger partial charge in [-0.1, -0.05) is 35.0 Å². The largest absolute Gasteiger partial charge is 0.265 e. The molecule has 0 radical (unpaired) electrons. The third kappa shape index (κ3) is 2.13. The van der Waals surface area contributed by atoms with Gasteiger partial charge in [0.25, 0.3) is 0 Å². The van der Waals surface area contributed by atoms with Crippen molar-refractivity contribution in [3.05, 3.63) is 45.5 Å². The van der Waals surface area contributed by atoms with Crippen molar-refractivity contribution in [1.29, 1.82) is 0 Å². The number of rotatable bonds is 1. The van der Waals surface area contributed by atoms with E-state index in [-0.39, 0.29) is 0 Å². The van der Waals surface area contributed by atoms with Crippen molar-refractivity contribution in [3.63, 3.8) is 0 Å². The van der Waals surface area contributed by atoms with Crippen LogP contribution in [0.5, 0.6) is 0 Å². The van der Waals surface area contributed by atoms with Crippen LogP contribution in [-0.2, 0) is 12.8 Å². The number of halogens is 1. The Morgan fingerprint density at radius 3 is 3.08 bits per heavy atom. The normalized spacial score (nSPS) is 17.5. The summed E-state index contributed by atoms with van der Waals surface area (Å²) in [6.07, 6.45) is 5.39. The van der Waals surface area contributed by atoms with Gasteiger partial charge in [-0.25, -0.2) is 4.98 Å². The van der Waals surface area contributed by atoms with Crippen LogP contribution in [0.25, 0.3) is 27.3 Å². The molecule has 0 aliphatic heterocycles. The highest BCUT2D eigenvalue weighted by Crippen LogP contribution is 2.39. The number of nitrogens with zero attached hydrogens (tertiary/aromatic N) is 4. The zero-order valence-corrected chi connectivity index (χ0v) is 15.6. The average molecular weight is 399 g/mol. The molecule has 3 aromatic heterocycles. The van der Waals surface area contributed by atoms with Crippen LogP contribution in [0, 0.1) is 5.92 Å². The third-order valence-corrected chi connectivity index (χ3v) is 6.44. The minimum absolute atomic E-state index is 0.761. The van der Waals surface area contributed by atoms with E-state index in [0.29, 0.717) is 0 Å². The van der Waals surface area contributed by atoms with E-state index in [9.17, 15) is 0 Å². The number of aryl methyl sites for hydroxylation is 1. The minimum atomic E-state index is 0.761. The zero-order valence-electron chi connectivity index (χ0n) is 13.2. The molecule has 0 saturated heterocycles. The maximum absolute atomic E-state index is 4.71. The summed E-state index contributed by atoms with van der Waals surface area (Å²) in [4.78, 5) is 7.29. The van der Waals surface area contributed by atoms with Gasteiger partial charge < -0.3 is 0 Å². The Labute approximate surface area is 151 Å². The minimum Gasteiger partial charge on any atom is -0.265 e. The standard InChI is InChI=1S/C18H15BrN4S/c1-10-5-6-13-14(7-10)24-18-15(13)17-22-21-16(23(17)9-20-18)11-3-2-4-12(19)8-11/h2-4,8-10H,5-7H2,1H3. The van der Waals surface area contributed by atoms with Gasteiger partial charge in [-0.3, -0.25) is 4.40 Å². The maximum atomic E-state index is 4.71. The molecule has 120 valence electrons. The maximum Gasteiger partial charge on any atom is 0.172 e. The van der Waals surface area contributed by atoms with E-state index >= 15 is 0 Å². The first-order valence-corrected chi connectivity index (χ1v) is 9.71. The van der Waals surface area contributed by atoms with Gasteiger partial charge in [0.2, 0.25) is 0 Å². The van der Waals surface area contributed by atoms with Crippen LogP contribution in [0.15, 0.2) is 35.1 Å². The van der Waals surface area contributed by atoms with E-state index in [4.69, 9.17) is 4.98 Å². The van der Waals surface area contributed by atoms with Crippen LogP contribution in [0.1, 0.15) is 23.8 Å². The molecule has 0 amide bonds. The molecule has 0 saturated carbocycles. The van der Waals surface area contributed by atoms with Crippen molar-refractivity contribution >= 4 is 43.1 Å². The summed E-state index contributed by atoms with van der Waals surface area (Å²) in [6.45, 7) is 2.33. The van der Waals surface area contributed by atoms with Crippen molar-refractivity contribution in [2.75, 3.05) is 0 Å². The molecule has 24 heavy (non-hydrogen) atoms. The fourth-order valence-corrected chi connectivity index (χ4v) is 5.31. The second-order valence-electron chi connectivity index (χ2n) is 6.50. The quantitative estimate of drug-likeness (QED) is 0.458. The van der Waals surface area contributed by atoms with E-state index in [1.807, 2.05) is 34.2 Å². The predicted octanol–water partition coefficient (Wildman–Crippen LogP) is 4.89. The van der Waals surface area contributed by atoms with E-state index in [1.54, 1.807) is 0 Å². The molecule has 5 rings (SSSR count). The van der Waals surface area contributed by atoms with Crippen LogP contribution >= 0.6 is 27.3 Å². The van der Waals surface area contributed by atoms with Crippen LogP contribution < -0.4 is 0 Å². The van der Waals surface area contributed by atoms with Gasteiger partial charge in [0.1, 0.15) is 11.2 Å². The van der Waals surface area contributed by atoms with E-state index in [2.05, 4.69) is 45.2 Å². The highest BCUT2D eigenvalue weighted by atomic mass is 79.9. The Morgan fingerprint density at radius 2 is 2.21 bits per heavy atom. The molecule has 4 aromatic rings. The van der Waals surface area contributed by atoms with Crippen molar-refractivity contribution in [2.45, 2.75) is 26.2 Å². The molecule has 0 N–H and O–H groups in total. The SMILES string of the molecule is CC1CCc2c(sc3ncn4c(-c5cccc(Br)c5)nnc4c23)C1. The number of benzene rings is 1. The summed E-state index contributed by atoms with van der Waals surface area (Å²) < 4.78 is 3.06. The second kappa shape index (κ2) is 5.36. The fraction of sp³-hybridized carbons (Fsp3) is 0.278. The average Bonchev–Trinajstić information content (AvgIpc) is 3.14. The van der Waals surface area contributed by atoms with Crippen molar-refractivity contribution in [2.24, 2.45) is 5.92 Å². The molecule has 3 heterocycles. The molecule has 1 aromatic carbocycles. The molecular weight excluding hydrogens is 384 g/mol. The smallest absolute Gasteiger partial charge is 0.172 e. The molecule has 0 bridgehead atoms. The molecule has 0 fully saturated rings. The number of fused-ring (bicyclic) bond motifs is 5.